The van der Waals surface area contributed by atoms with Crippen LogP contribution in [0.4, 0.5) is 14.6 Å². The summed E-state index contributed by atoms with van der Waals surface area (Å²) >= 11 is 1.39. The molecule has 3 heterocycles. The van der Waals surface area contributed by atoms with Gasteiger partial charge in [-0.25, -0.2) is 13.8 Å². The van der Waals surface area contributed by atoms with Gasteiger partial charge in [0, 0.05) is 24.3 Å². The second-order valence-corrected chi connectivity index (χ2v) is 8.89. The molecule has 172 valence electrons. The molecule has 0 aliphatic carbocycles. The van der Waals surface area contributed by atoms with E-state index in [-0.39, 0.29) is 16.9 Å². The highest BCUT2D eigenvalue weighted by atomic mass is 32.2. The van der Waals surface area contributed by atoms with E-state index in [1.54, 1.807) is 31.4 Å². The molecular formula is C23H22F2N4O3S. The molecule has 0 N–H and O–H groups in total. The first kappa shape index (κ1) is 23.2. The highest BCUT2D eigenvalue weighted by molar-refractivity contribution is 7.99. The van der Waals surface area contributed by atoms with Crippen molar-refractivity contribution in [2.75, 3.05) is 57.3 Å². The molecule has 33 heavy (non-hydrogen) atoms. The molecule has 0 bridgehead atoms. The number of halogens is 2. The number of pyridine rings is 1. The van der Waals surface area contributed by atoms with Crippen molar-refractivity contribution in [1.29, 1.82) is 10.5 Å². The Hall–Kier alpha value is -2.92. The van der Waals surface area contributed by atoms with Crippen molar-refractivity contribution in [1.82, 2.24) is 4.98 Å². The number of hydrogen-bond acceptors (Lipinski definition) is 8. The fourth-order valence-electron chi connectivity index (χ4n) is 3.58. The van der Waals surface area contributed by atoms with Crippen molar-refractivity contribution < 1.29 is 23.0 Å². The first-order valence-electron chi connectivity index (χ1n) is 10.4. The molecule has 1 aromatic heterocycles. The van der Waals surface area contributed by atoms with Gasteiger partial charge in [-0.2, -0.15) is 10.5 Å². The van der Waals surface area contributed by atoms with Gasteiger partial charge in [-0.1, -0.05) is 12.1 Å². The topological polar surface area (TPSA) is 91.4 Å². The standard InChI is InChI=1S/C23H22F2N4O3S/c1-30-6-7-32-17-4-2-16(3-5-17)20-18(8-26)21(29-13-23(24,25)14-29)28-22(19(20)9-27)33-12-15-10-31-11-15/h2-5,15H,6-7,10-14H2,1H3. The van der Waals surface area contributed by atoms with E-state index in [1.165, 1.54) is 16.7 Å². The molecule has 4 rings (SSSR count). The molecule has 1 aromatic carbocycles. The SMILES string of the molecule is COCCOc1ccc(-c2c(C#N)c(SCC3COC3)nc(N3CC(F)(F)C3)c2C#N)cc1. The molecular weight excluding hydrogens is 450 g/mol. The molecule has 2 fully saturated rings. The average molecular weight is 473 g/mol. The highest BCUT2D eigenvalue weighted by Gasteiger charge is 2.46. The van der Waals surface area contributed by atoms with Gasteiger partial charge in [0.2, 0.25) is 0 Å². The minimum Gasteiger partial charge on any atom is -0.491 e. The molecule has 0 unspecified atom stereocenters. The number of methoxy groups -OCH3 is 1. The van der Waals surface area contributed by atoms with Crippen LogP contribution >= 0.6 is 11.8 Å². The molecule has 0 saturated carbocycles. The predicted molar refractivity (Wildman–Crippen MR) is 119 cm³/mol. The molecule has 0 radical (unpaired) electrons. The van der Waals surface area contributed by atoms with Gasteiger partial charge in [0.05, 0.1) is 38.5 Å². The number of nitrogens with zero attached hydrogens (tertiary/aromatic N) is 4. The monoisotopic (exact) mass is 472 g/mol. The van der Waals surface area contributed by atoms with Gasteiger partial charge in [-0.05, 0) is 17.7 Å². The lowest BCUT2D eigenvalue weighted by Gasteiger charge is -2.40. The Labute approximate surface area is 194 Å². The van der Waals surface area contributed by atoms with E-state index in [2.05, 4.69) is 17.1 Å². The first-order chi connectivity index (χ1) is 16.0. The van der Waals surface area contributed by atoms with Crippen molar-refractivity contribution in [2.45, 2.75) is 10.9 Å². The Balaban J connectivity index is 1.74. The van der Waals surface area contributed by atoms with Gasteiger partial charge in [0.1, 0.15) is 40.9 Å². The number of alkyl halides is 2. The summed E-state index contributed by atoms with van der Waals surface area (Å²) in [5.74, 6) is -0.980. The molecule has 2 saturated heterocycles. The number of benzene rings is 1. The summed E-state index contributed by atoms with van der Waals surface area (Å²) in [7, 11) is 1.59. The smallest absolute Gasteiger partial charge is 0.282 e. The zero-order valence-corrected chi connectivity index (χ0v) is 18.8. The fraction of sp³-hybridized carbons (Fsp3) is 0.435. The molecule has 2 aliphatic heterocycles. The Kier molecular flexibility index (Phi) is 6.99. The Morgan fingerprint density at radius 1 is 1.15 bits per heavy atom. The predicted octanol–water partition coefficient (Wildman–Crippen LogP) is 3.71. The van der Waals surface area contributed by atoms with Crippen LogP contribution in [-0.4, -0.2) is 63.3 Å². The van der Waals surface area contributed by atoms with Crippen LogP contribution in [0.1, 0.15) is 11.1 Å². The number of hydrogen-bond donors (Lipinski definition) is 0. The number of rotatable bonds is 9. The first-order valence-corrected chi connectivity index (χ1v) is 11.4. The van der Waals surface area contributed by atoms with Gasteiger partial charge in [0.15, 0.2) is 0 Å². The number of aromatic nitrogens is 1. The summed E-state index contributed by atoms with van der Waals surface area (Å²) < 4.78 is 43.0. The molecule has 0 atom stereocenters. The molecule has 0 amide bonds. The summed E-state index contributed by atoms with van der Waals surface area (Å²) in [5.41, 5.74) is 1.40. The lowest BCUT2D eigenvalue weighted by atomic mass is 9.95. The van der Waals surface area contributed by atoms with E-state index < -0.39 is 19.0 Å². The minimum atomic E-state index is -2.82. The van der Waals surface area contributed by atoms with Gasteiger partial charge in [-0.15, -0.1) is 11.8 Å². The third-order valence-corrected chi connectivity index (χ3v) is 6.58. The van der Waals surface area contributed by atoms with E-state index in [1.807, 2.05) is 0 Å². The third-order valence-electron chi connectivity index (χ3n) is 5.37. The summed E-state index contributed by atoms with van der Waals surface area (Å²) in [5, 5.41) is 20.4. The summed E-state index contributed by atoms with van der Waals surface area (Å²) in [4.78, 5) is 5.91. The second-order valence-electron chi connectivity index (χ2n) is 7.88. The van der Waals surface area contributed by atoms with Crippen molar-refractivity contribution >= 4 is 17.6 Å². The van der Waals surface area contributed by atoms with Crippen LogP contribution in [0.25, 0.3) is 11.1 Å². The van der Waals surface area contributed by atoms with Crippen LogP contribution in [-0.2, 0) is 9.47 Å². The summed E-state index contributed by atoms with van der Waals surface area (Å²) in [6.45, 7) is 1.11. The van der Waals surface area contributed by atoms with Crippen LogP contribution in [0.15, 0.2) is 29.3 Å². The quantitative estimate of drug-likeness (QED) is 0.403. The third kappa shape index (κ3) is 5.03. The zero-order valence-electron chi connectivity index (χ0n) is 18.0. The van der Waals surface area contributed by atoms with E-state index in [0.29, 0.717) is 60.0 Å². The largest absolute Gasteiger partial charge is 0.491 e. The van der Waals surface area contributed by atoms with Crippen molar-refractivity contribution in [2.24, 2.45) is 5.92 Å². The van der Waals surface area contributed by atoms with Crippen molar-refractivity contribution in [3.05, 3.63) is 35.4 Å². The maximum atomic E-state index is 13.6. The summed E-state index contributed by atoms with van der Waals surface area (Å²) in [6, 6.07) is 11.3. The Morgan fingerprint density at radius 2 is 1.85 bits per heavy atom. The van der Waals surface area contributed by atoms with Crippen LogP contribution in [0.2, 0.25) is 0 Å². The van der Waals surface area contributed by atoms with E-state index in [4.69, 9.17) is 14.2 Å². The van der Waals surface area contributed by atoms with E-state index in [0.717, 1.165) is 0 Å². The molecule has 2 aromatic rings. The fourth-order valence-corrected chi connectivity index (χ4v) is 4.61. The van der Waals surface area contributed by atoms with Crippen molar-refractivity contribution in [3.8, 4) is 29.0 Å². The molecule has 0 spiro atoms. The maximum Gasteiger partial charge on any atom is 0.282 e. The molecule has 7 nitrogen and oxygen atoms in total. The minimum absolute atomic E-state index is 0.117. The molecule has 2 aliphatic rings. The van der Waals surface area contributed by atoms with Gasteiger partial charge >= 0.3 is 0 Å². The Morgan fingerprint density at radius 3 is 2.39 bits per heavy atom. The van der Waals surface area contributed by atoms with E-state index >= 15 is 0 Å². The van der Waals surface area contributed by atoms with Crippen LogP contribution in [0.3, 0.4) is 0 Å². The normalized spacial score (nSPS) is 16.9. The zero-order chi connectivity index (χ0) is 23.4. The van der Waals surface area contributed by atoms with E-state index in [9.17, 15) is 19.3 Å². The lowest BCUT2D eigenvalue weighted by molar-refractivity contribution is -0.0267. The van der Waals surface area contributed by atoms with Crippen LogP contribution < -0.4 is 9.64 Å². The molecule has 10 heteroatoms. The second kappa shape index (κ2) is 9.92. The number of ether oxygens (including phenoxy) is 3. The lowest BCUT2D eigenvalue weighted by Crippen LogP contribution is -2.57. The highest BCUT2D eigenvalue weighted by Crippen LogP contribution is 2.41. The van der Waals surface area contributed by atoms with Gasteiger partial charge in [0.25, 0.3) is 5.92 Å². The Bertz CT molecular complexity index is 1090. The maximum absolute atomic E-state index is 13.6. The number of anilines is 1. The number of thioether (sulfide) groups is 1. The number of nitriles is 2. The van der Waals surface area contributed by atoms with Gasteiger partial charge in [-0.3, -0.25) is 0 Å². The van der Waals surface area contributed by atoms with Crippen LogP contribution in [0, 0.1) is 28.6 Å². The van der Waals surface area contributed by atoms with Crippen LogP contribution in [0.5, 0.6) is 5.75 Å². The summed E-state index contributed by atoms with van der Waals surface area (Å²) in [6.07, 6.45) is 0. The average Bonchev–Trinajstić information content (AvgIpc) is 2.76. The van der Waals surface area contributed by atoms with Crippen molar-refractivity contribution in [3.63, 3.8) is 0 Å². The van der Waals surface area contributed by atoms with Gasteiger partial charge < -0.3 is 19.1 Å².